The monoisotopic (exact) mass is 238 g/mol. The quantitative estimate of drug-likeness (QED) is 0.868. The Morgan fingerprint density at radius 2 is 2.06 bits per heavy atom. The molecule has 90 valence electrons. The van der Waals surface area contributed by atoms with E-state index in [2.05, 4.69) is 56.4 Å². The van der Waals surface area contributed by atoms with Crippen LogP contribution in [0.25, 0.3) is 0 Å². The van der Waals surface area contributed by atoms with Gasteiger partial charge in [-0.05, 0) is 30.2 Å². The van der Waals surface area contributed by atoms with Crippen molar-refractivity contribution in [2.75, 3.05) is 17.3 Å². The molecule has 0 spiro atoms. The maximum Gasteiger partial charge on any atom is 0.126 e. The summed E-state index contributed by atoms with van der Waals surface area (Å²) in [6.45, 7) is 8.78. The molecular weight excluding hydrogens is 216 g/mol. The molecule has 1 aromatic heterocycles. The van der Waals surface area contributed by atoms with Gasteiger partial charge >= 0.3 is 0 Å². The van der Waals surface area contributed by atoms with Crippen molar-refractivity contribution in [3.8, 4) is 0 Å². The van der Waals surface area contributed by atoms with Crippen molar-refractivity contribution < 1.29 is 0 Å². The van der Waals surface area contributed by atoms with Crippen LogP contribution in [0.1, 0.15) is 33.3 Å². The maximum absolute atomic E-state index is 4.45. The van der Waals surface area contributed by atoms with Crippen LogP contribution in [0.3, 0.4) is 0 Å². The lowest BCUT2D eigenvalue weighted by molar-refractivity contribution is 0.587. The fourth-order valence-corrected chi connectivity index (χ4v) is 2.05. The molecule has 1 atom stereocenters. The van der Waals surface area contributed by atoms with Crippen LogP contribution in [0.2, 0.25) is 0 Å². The second-order valence-electron chi connectivity index (χ2n) is 5.18. The number of aromatic nitrogens is 1. The molecule has 0 amide bonds. The molecule has 1 aromatic rings. The van der Waals surface area contributed by atoms with E-state index in [0.717, 1.165) is 11.6 Å². The zero-order valence-electron chi connectivity index (χ0n) is 10.9. The minimum absolute atomic E-state index is 0.177. The highest BCUT2D eigenvalue weighted by Gasteiger charge is 2.13. The first-order valence-electron chi connectivity index (χ1n) is 5.65. The molecule has 0 saturated heterocycles. The number of thioether (sulfide) groups is 1. The second-order valence-corrected chi connectivity index (χ2v) is 6.09. The number of hydrogen-bond acceptors (Lipinski definition) is 3. The van der Waals surface area contributed by atoms with Crippen molar-refractivity contribution in [3.05, 3.63) is 23.9 Å². The van der Waals surface area contributed by atoms with Gasteiger partial charge in [-0.25, -0.2) is 4.98 Å². The summed E-state index contributed by atoms with van der Waals surface area (Å²) in [4.78, 5) is 4.45. The third kappa shape index (κ3) is 4.05. The van der Waals surface area contributed by atoms with Gasteiger partial charge in [0.2, 0.25) is 0 Å². The van der Waals surface area contributed by atoms with E-state index in [9.17, 15) is 0 Å². The second kappa shape index (κ2) is 5.58. The maximum atomic E-state index is 4.45. The van der Waals surface area contributed by atoms with Crippen LogP contribution in [-0.4, -0.2) is 23.0 Å². The van der Waals surface area contributed by atoms with Crippen molar-refractivity contribution in [2.45, 2.75) is 39.2 Å². The predicted molar refractivity (Wildman–Crippen MR) is 74.4 cm³/mol. The van der Waals surface area contributed by atoms with Crippen LogP contribution >= 0.6 is 11.8 Å². The summed E-state index contributed by atoms with van der Waals surface area (Å²) in [5, 5.41) is 3.39. The highest BCUT2D eigenvalue weighted by Crippen LogP contribution is 2.22. The van der Waals surface area contributed by atoms with Gasteiger partial charge in [-0.15, -0.1) is 0 Å². The van der Waals surface area contributed by atoms with Crippen molar-refractivity contribution in [3.63, 3.8) is 0 Å². The number of anilines is 1. The molecule has 0 aromatic carbocycles. The zero-order valence-corrected chi connectivity index (χ0v) is 11.7. The number of pyridine rings is 1. The Labute approximate surface area is 103 Å². The van der Waals surface area contributed by atoms with Crippen LogP contribution in [-0.2, 0) is 5.41 Å². The summed E-state index contributed by atoms with van der Waals surface area (Å²) < 4.78 is 0. The molecule has 0 aliphatic heterocycles. The smallest absolute Gasteiger partial charge is 0.126 e. The topological polar surface area (TPSA) is 24.9 Å². The molecule has 2 nitrogen and oxygen atoms in total. The molecule has 0 fully saturated rings. The van der Waals surface area contributed by atoms with Gasteiger partial charge in [0.1, 0.15) is 5.82 Å². The van der Waals surface area contributed by atoms with Crippen LogP contribution in [0.4, 0.5) is 5.82 Å². The molecule has 1 unspecified atom stereocenters. The van der Waals surface area contributed by atoms with E-state index in [1.54, 1.807) is 0 Å². The minimum Gasteiger partial charge on any atom is -0.367 e. The normalized spacial score (nSPS) is 13.6. The number of nitrogens with zero attached hydrogens (tertiary/aromatic N) is 1. The summed E-state index contributed by atoms with van der Waals surface area (Å²) in [5.74, 6) is 2.07. The Hall–Kier alpha value is -0.700. The molecule has 0 aliphatic carbocycles. The lowest BCUT2D eigenvalue weighted by Gasteiger charge is -2.19. The summed E-state index contributed by atoms with van der Waals surface area (Å²) >= 11 is 1.85. The van der Waals surface area contributed by atoms with Gasteiger partial charge in [0.25, 0.3) is 0 Å². The van der Waals surface area contributed by atoms with Gasteiger partial charge in [-0.2, -0.15) is 11.8 Å². The first kappa shape index (κ1) is 13.4. The van der Waals surface area contributed by atoms with Gasteiger partial charge in [0.15, 0.2) is 0 Å². The summed E-state index contributed by atoms with van der Waals surface area (Å²) in [6.07, 6.45) is 4.09. The Morgan fingerprint density at radius 1 is 1.38 bits per heavy atom. The largest absolute Gasteiger partial charge is 0.367 e. The summed E-state index contributed by atoms with van der Waals surface area (Å²) in [7, 11) is 0. The Morgan fingerprint density at radius 3 is 2.50 bits per heavy atom. The fourth-order valence-electron chi connectivity index (χ4n) is 1.47. The molecule has 16 heavy (non-hydrogen) atoms. The third-order valence-corrected chi connectivity index (χ3v) is 3.27. The number of hydrogen-bond donors (Lipinski definition) is 1. The standard InChI is InChI=1S/C13H22N2S/c1-10(9-16-5)15-12-7-6-11(8-14-12)13(2,3)4/h6-8,10H,9H2,1-5H3,(H,14,15). The summed E-state index contributed by atoms with van der Waals surface area (Å²) in [5.41, 5.74) is 1.45. The van der Waals surface area contributed by atoms with Gasteiger partial charge in [0, 0.05) is 18.0 Å². The van der Waals surface area contributed by atoms with E-state index in [-0.39, 0.29) is 5.41 Å². The summed E-state index contributed by atoms with van der Waals surface area (Å²) in [6, 6.07) is 4.68. The van der Waals surface area contributed by atoms with Crippen LogP contribution in [0, 0.1) is 0 Å². The predicted octanol–water partition coefficient (Wildman–Crippen LogP) is 3.54. The van der Waals surface area contributed by atoms with Crippen molar-refractivity contribution in [1.29, 1.82) is 0 Å². The van der Waals surface area contributed by atoms with Gasteiger partial charge in [0.05, 0.1) is 0 Å². The number of rotatable bonds is 4. The fraction of sp³-hybridized carbons (Fsp3) is 0.615. The minimum atomic E-state index is 0.177. The lowest BCUT2D eigenvalue weighted by atomic mass is 9.88. The first-order chi connectivity index (χ1) is 7.43. The van der Waals surface area contributed by atoms with Crippen LogP contribution < -0.4 is 5.32 Å². The van der Waals surface area contributed by atoms with Gasteiger partial charge in [-0.1, -0.05) is 26.8 Å². The molecule has 0 saturated carbocycles. The Balaban J connectivity index is 2.65. The van der Waals surface area contributed by atoms with E-state index >= 15 is 0 Å². The molecule has 1 N–H and O–H groups in total. The molecule has 1 rings (SSSR count). The van der Waals surface area contributed by atoms with Crippen molar-refractivity contribution in [2.24, 2.45) is 0 Å². The van der Waals surface area contributed by atoms with Crippen molar-refractivity contribution >= 4 is 17.6 Å². The van der Waals surface area contributed by atoms with E-state index < -0.39 is 0 Å². The lowest BCUT2D eigenvalue weighted by Crippen LogP contribution is -2.19. The molecule has 0 bridgehead atoms. The van der Waals surface area contributed by atoms with E-state index in [1.807, 2.05) is 18.0 Å². The van der Waals surface area contributed by atoms with E-state index in [0.29, 0.717) is 6.04 Å². The molecule has 0 radical (unpaired) electrons. The van der Waals surface area contributed by atoms with E-state index in [1.165, 1.54) is 5.56 Å². The molecular formula is C13H22N2S. The van der Waals surface area contributed by atoms with Gasteiger partial charge in [-0.3, -0.25) is 0 Å². The Bertz CT molecular complexity index is 314. The van der Waals surface area contributed by atoms with Gasteiger partial charge < -0.3 is 5.32 Å². The average molecular weight is 238 g/mol. The SMILES string of the molecule is CSCC(C)Nc1ccc(C(C)(C)C)cn1. The third-order valence-electron chi connectivity index (χ3n) is 2.44. The first-order valence-corrected chi connectivity index (χ1v) is 7.05. The highest BCUT2D eigenvalue weighted by molar-refractivity contribution is 7.98. The average Bonchev–Trinajstić information content (AvgIpc) is 2.17. The highest BCUT2D eigenvalue weighted by atomic mass is 32.2. The zero-order chi connectivity index (χ0) is 12.2. The van der Waals surface area contributed by atoms with Crippen molar-refractivity contribution in [1.82, 2.24) is 4.98 Å². The van der Waals surface area contributed by atoms with E-state index in [4.69, 9.17) is 0 Å². The molecule has 1 heterocycles. The molecule has 0 aliphatic rings. The molecule has 3 heteroatoms. The van der Waals surface area contributed by atoms with Crippen LogP contribution in [0.5, 0.6) is 0 Å². The Kier molecular flexibility index (Phi) is 4.66. The van der Waals surface area contributed by atoms with Crippen LogP contribution in [0.15, 0.2) is 18.3 Å². The number of nitrogens with one attached hydrogen (secondary N) is 1.